The second kappa shape index (κ2) is 9.52. The summed E-state index contributed by atoms with van der Waals surface area (Å²) in [5.41, 5.74) is 1.02. The van der Waals surface area contributed by atoms with E-state index in [1.54, 1.807) is 24.3 Å². The number of amides is 1. The number of nitrogens with zero attached hydrogens (tertiary/aromatic N) is 3. The fourth-order valence-electron chi connectivity index (χ4n) is 2.00. The maximum Gasteiger partial charge on any atom is 0.224 e. The summed E-state index contributed by atoms with van der Waals surface area (Å²) >= 11 is 0. The summed E-state index contributed by atoms with van der Waals surface area (Å²) in [7, 11) is 0. The Balaban J connectivity index is 2.38. The molecular weight excluding hydrogens is 264 g/mol. The zero-order valence-corrected chi connectivity index (χ0v) is 12.3. The number of benzene rings is 1. The molecule has 0 spiro atoms. The molecule has 0 saturated heterocycles. The van der Waals surface area contributed by atoms with Crippen LogP contribution in [0.25, 0.3) is 0 Å². The first-order chi connectivity index (χ1) is 10.2. The Morgan fingerprint density at radius 3 is 2.71 bits per heavy atom. The Kier molecular flexibility index (Phi) is 7.56. The zero-order chi connectivity index (χ0) is 15.5. The predicted octanol–water partition coefficient (Wildman–Crippen LogP) is 2.51. The molecule has 0 aliphatic heterocycles. The largest absolute Gasteiger partial charge is 0.325 e. The van der Waals surface area contributed by atoms with Crippen LogP contribution >= 0.6 is 0 Å². The number of carbonyl (C=O) groups is 1. The normalized spacial score (nSPS) is 9.90. The number of rotatable bonds is 8. The van der Waals surface area contributed by atoms with Crippen LogP contribution in [-0.4, -0.2) is 30.4 Å². The number of hydrogen-bond acceptors (Lipinski definition) is 4. The topological polar surface area (TPSA) is 79.9 Å². The van der Waals surface area contributed by atoms with Crippen LogP contribution in [0.1, 0.15) is 31.7 Å². The summed E-state index contributed by atoms with van der Waals surface area (Å²) < 4.78 is 0. The molecule has 0 fully saturated rings. The number of nitrogens with one attached hydrogen (secondary N) is 1. The maximum absolute atomic E-state index is 11.9. The van der Waals surface area contributed by atoms with Gasteiger partial charge in [-0.15, -0.1) is 0 Å². The Labute approximate surface area is 125 Å². The van der Waals surface area contributed by atoms with Crippen LogP contribution in [0, 0.1) is 22.7 Å². The molecule has 1 rings (SSSR count). The van der Waals surface area contributed by atoms with Crippen LogP contribution in [0.5, 0.6) is 0 Å². The lowest BCUT2D eigenvalue weighted by molar-refractivity contribution is -0.116. The van der Waals surface area contributed by atoms with Crippen molar-refractivity contribution in [3.63, 3.8) is 0 Å². The first kappa shape index (κ1) is 16.7. The van der Waals surface area contributed by atoms with E-state index in [-0.39, 0.29) is 5.91 Å². The number of carbonyl (C=O) groups excluding carboxylic acids is 1. The average molecular weight is 284 g/mol. The molecule has 1 aromatic carbocycles. The predicted molar refractivity (Wildman–Crippen MR) is 81.4 cm³/mol. The second-order valence-electron chi connectivity index (χ2n) is 4.65. The van der Waals surface area contributed by atoms with E-state index in [0.717, 1.165) is 26.1 Å². The summed E-state index contributed by atoms with van der Waals surface area (Å²) in [6, 6.07) is 11.1. The van der Waals surface area contributed by atoms with Gasteiger partial charge in [0.2, 0.25) is 5.91 Å². The minimum Gasteiger partial charge on any atom is -0.325 e. The van der Waals surface area contributed by atoms with Gasteiger partial charge in [0.25, 0.3) is 0 Å². The molecule has 5 nitrogen and oxygen atoms in total. The van der Waals surface area contributed by atoms with Crippen molar-refractivity contribution in [2.24, 2.45) is 0 Å². The van der Waals surface area contributed by atoms with E-state index in [4.69, 9.17) is 10.5 Å². The molecule has 1 aromatic rings. The molecule has 5 heteroatoms. The van der Waals surface area contributed by atoms with Crippen molar-refractivity contribution >= 4 is 11.6 Å². The average Bonchev–Trinajstić information content (AvgIpc) is 2.51. The molecule has 0 heterocycles. The minimum atomic E-state index is -0.0889. The van der Waals surface area contributed by atoms with Crippen molar-refractivity contribution < 1.29 is 4.79 Å². The fraction of sp³-hybridized carbons (Fsp3) is 0.438. The first-order valence-corrected chi connectivity index (χ1v) is 7.09. The van der Waals surface area contributed by atoms with E-state index in [2.05, 4.69) is 22.4 Å². The lowest BCUT2D eigenvalue weighted by Crippen LogP contribution is -2.26. The standard InChI is InChI=1S/C16H20N4O/c1-2-20(12-6-10-17)11-5-9-16(21)19-15-8-4-3-7-14(15)13-18/h3-4,7-8H,2,5-6,9,11-12H2,1H3,(H,19,21). The highest BCUT2D eigenvalue weighted by Gasteiger charge is 2.07. The van der Waals surface area contributed by atoms with Crippen molar-refractivity contribution in [1.29, 1.82) is 10.5 Å². The van der Waals surface area contributed by atoms with Gasteiger partial charge in [0.1, 0.15) is 6.07 Å². The third-order valence-electron chi connectivity index (χ3n) is 3.19. The highest BCUT2D eigenvalue weighted by atomic mass is 16.1. The van der Waals surface area contributed by atoms with Crippen molar-refractivity contribution in [1.82, 2.24) is 4.90 Å². The molecule has 1 N–H and O–H groups in total. The van der Waals surface area contributed by atoms with Crippen molar-refractivity contribution in [2.75, 3.05) is 25.0 Å². The van der Waals surface area contributed by atoms with Crippen LogP contribution in [0.4, 0.5) is 5.69 Å². The summed E-state index contributed by atoms with van der Waals surface area (Å²) in [5.74, 6) is -0.0889. The van der Waals surface area contributed by atoms with Crippen LogP contribution in [0.2, 0.25) is 0 Å². The Morgan fingerprint density at radius 2 is 2.05 bits per heavy atom. The molecule has 0 radical (unpaired) electrons. The quantitative estimate of drug-likeness (QED) is 0.795. The van der Waals surface area contributed by atoms with Crippen LogP contribution in [0.15, 0.2) is 24.3 Å². The number of para-hydroxylation sites is 1. The van der Waals surface area contributed by atoms with Gasteiger partial charge in [-0.1, -0.05) is 19.1 Å². The molecule has 1 amide bonds. The number of nitriles is 2. The van der Waals surface area contributed by atoms with Gasteiger partial charge in [-0.05, 0) is 31.6 Å². The third kappa shape index (κ3) is 6.07. The van der Waals surface area contributed by atoms with Gasteiger partial charge in [-0.3, -0.25) is 4.79 Å². The van der Waals surface area contributed by atoms with E-state index in [1.165, 1.54) is 0 Å². The fourth-order valence-corrected chi connectivity index (χ4v) is 2.00. The summed E-state index contributed by atoms with van der Waals surface area (Å²) in [6.45, 7) is 4.46. The minimum absolute atomic E-state index is 0.0889. The van der Waals surface area contributed by atoms with Gasteiger partial charge in [0.15, 0.2) is 0 Å². The van der Waals surface area contributed by atoms with Crippen molar-refractivity contribution in [2.45, 2.75) is 26.2 Å². The highest BCUT2D eigenvalue weighted by Crippen LogP contribution is 2.14. The Morgan fingerprint density at radius 1 is 1.29 bits per heavy atom. The van der Waals surface area contributed by atoms with Gasteiger partial charge in [-0.2, -0.15) is 10.5 Å². The van der Waals surface area contributed by atoms with Crippen molar-refractivity contribution in [3.8, 4) is 12.1 Å². The smallest absolute Gasteiger partial charge is 0.224 e. The number of hydrogen-bond donors (Lipinski definition) is 1. The monoisotopic (exact) mass is 284 g/mol. The van der Waals surface area contributed by atoms with Gasteiger partial charge in [0.05, 0.1) is 17.3 Å². The molecule has 0 aliphatic carbocycles. The summed E-state index contributed by atoms with van der Waals surface area (Å²) in [6.07, 6.45) is 1.65. The molecule has 21 heavy (non-hydrogen) atoms. The lowest BCUT2D eigenvalue weighted by Gasteiger charge is -2.18. The van der Waals surface area contributed by atoms with E-state index in [0.29, 0.717) is 24.1 Å². The first-order valence-electron chi connectivity index (χ1n) is 7.09. The zero-order valence-electron chi connectivity index (χ0n) is 12.3. The Bertz CT molecular complexity index is 542. The van der Waals surface area contributed by atoms with Gasteiger partial charge < -0.3 is 10.2 Å². The SMILES string of the molecule is CCN(CCC#N)CCCC(=O)Nc1ccccc1C#N. The maximum atomic E-state index is 11.9. The highest BCUT2D eigenvalue weighted by molar-refractivity contribution is 5.92. The van der Waals surface area contributed by atoms with Gasteiger partial charge in [0, 0.05) is 19.4 Å². The van der Waals surface area contributed by atoms with E-state index >= 15 is 0 Å². The molecule has 110 valence electrons. The number of anilines is 1. The summed E-state index contributed by atoms with van der Waals surface area (Å²) in [4.78, 5) is 14.0. The molecular formula is C16H20N4O. The molecule has 0 bridgehead atoms. The van der Waals surface area contributed by atoms with Gasteiger partial charge in [-0.25, -0.2) is 0 Å². The van der Waals surface area contributed by atoms with E-state index in [1.807, 2.05) is 6.92 Å². The van der Waals surface area contributed by atoms with Crippen LogP contribution < -0.4 is 5.32 Å². The second-order valence-corrected chi connectivity index (χ2v) is 4.65. The van der Waals surface area contributed by atoms with Crippen molar-refractivity contribution in [3.05, 3.63) is 29.8 Å². The van der Waals surface area contributed by atoms with Gasteiger partial charge >= 0.3 is 0 Å². The molecule has 0 aromatic heterocycles. The molecule has 0 atom stereocenters. The van der Waals surface area contributed by atoms with Crippen LogP contribution in [0.3, 0.4) is 0 Å². The molecule has 0 aliphatic rings. The summed E-state index contributed by atoms with van der Waals surface area (Å²) in [5, 5.41) is 20.3. The lowest BCUT2D eigenvalue weighted by atomic mass is 10.2. The van der Waals surface area contributed by atoms with E-state index < -0.39 is 0 Å². The molecule has 0 unspecified atom stereocenters. The third-order valence-corrected chi connectivity index (χ3v) is 3.19. The van der Waals surface area contributed by atoms with E-state index in [9.17, 15) is 4.79 Å². The van der Waals surface area contributed by atoms with Crippen LogP contribution in [-0.2, 0) is 4.79 Å². The Hall–Kier alpha value is -2.37. The molecule has 0 saturated carbocycles.